The van der Waals surface area contributed by atoms with Gasteiger partial charge in [0.1, 0.15) is 0 Å². The second-order valence-corrected chi connectivity index (χ2v) is 107. The van der Waals surface area contributed by atoms with E-state index in [9.17, 15) is 0 Å². The van der Waals surface area contributed by atoms with Crippen LogP contribution in [0, 0.1) is 0 Å². The van der Waals surface area contributed by atoms with Crippen molar-refractivity contribution in [2.24, 2.45) is 0 Å². The largest absolute Gasteiger partial charge is 0.448 e. The van der Waals surface area contributed by atoms with Crippen molar-refractivity contribution in [2.75, 3.05) is 0 Å². The Labute approximate surface area is 311 Å². The van der Waals surface area contributed by atoms with Crippen molar-refractivity contribution in [3.05, 3.63) is 10.9 Å². The van der Waals surface area contributed by atoms with E-state index in [1.165, 1.54) is 4.82 Å². The average molecular weight is 900 g/mol. The molecule has 0 bridgehead atoms. The lowest BCUT2D eigenvalue weighted by molar-refractivity contribution is -0.0324. The highest BCUT2D eigenvalue weighted by atomic mass is 29.2. The quantitative estimate of drug-likeness (QED) is 0.103. The molecule has 0 rings (SSSR count). The van der Waals surface area contributed by atoms with Gasteiger partial charge in [0.25, 0.3) is 0 Å². The number of allylic oxidation sites excluding steroid dienone is 1. The molecule has 0 atom stereocenters. The van der Waals surface area contributed by atoms with Gasteiger partial charge in [-0.3, -0.25) is 0 Å². The van der Waals surface area contributed by atoms with Crippen LogP contribution in [0.4, 0.5) is 0 Å². The monoisotopic (exact) mass is 898 g/mol. The van der Waals surface area contributed by atoms with E-state index in [0.29, 0.717) is 0 Å². The average Bonchev–Trinajstić information content (AvgIpc) is 2.82. The first kappa shape index (κ1) is 48.7. The first-order valence-electron chi connectivity index (χ1n) is 17.3. The van der Waals surface area contributed by atoms with Crippen molar-refractivity contribution < 1.29 is 30.7 Å². The summed E-state index contributed by atoms with van der Waals surface area (Å²) >= 11 is 0. The molecule has 0 aromatic rings. The first-order chi connectivity index (χ1) is 20.4. The minimum Gasteiger partial charge on any atom is -0.448 e. The third-order valence-corrected chi connectivity index (χ3v) is 42.8. The van der Waals surface area contributed by atoms with Gasteiger partial charge in [0.05, 0.1) is 45.5 Å². The third-order valence-electron chi connectivity index (χ3n) is 6.15. The molecule has 22 heteroatoms. The summed E-state index contributed by atoms with van der Waals surface area (Å²) in [4.78, 5) is 1.48. The van der Waals surface area contributed by atoms with E-state index in [0.717, 1.165) is 10.2 Å². The van der Waals surface area contributed by atoms with Crippen molar-refractivity contribution in [2.45, 2.75) is 143 Å². The second kappa shape index (κ2) is 20.2. The number of hydrogen-bond acceptors (Lipinski definition) is 7. The minimum atomic E-state index is -3.31. The molecular weight excluding hydrogens is 822 g/mol. The number of rotatable bonds is 24. The first-order valence-corrected chi connectivity index (χ1v) is 60.2. The molecule has 0 saturated heterocycles. The zero-order chi connectivity index (χ0) is 36.4. The van der Waals surface area contributed by atoms with E-state index in [1.54, 1.807) is 0 Å². The topological polar surface area (TPSA) is 64.6 Å². The summed E-state index contributed by atoms with van der Waals surface area (Å²) in [7, 11) is -17.1. The van der Waals surface area contributed by atoms with Crippen LogP contribution >= 0.6 is 0 Å². The van der Waals surface area contributed by atoms with Crippen LogP contribution in [0.25, 0.3) is 0 Å². The van der Waals surface area contributed by atoms with Crippen molar-refractivity contribution in [3.8, 4) is 0 Å². The van der Waals surface area contributed by atoms with Gasteiger partial charge in [0.15, 0.2) is 83.2 Å². The Balaban J connectivity index is 7.91. The smallest absolute Gasteiger partial charge is 0.354 e. The Morgan fingerprint density at radius 3 is 0.783 bits per heavy atom. The van der Waals surface area contributed by atoms with Crippen molar-refractivity contribution in [1.29, 1.82) is 0 Å². The summed E-state index contributed by atoms with van der Waals surface area (Å²) in [6.07, 6.45) is 2.29. The SMILES string of the molecule is CC=C([SiH3])[SiH2]O[Si](C(O[SiH2][Si](C)(C)C)O[SiH2][Si](C)(C)C)(C(O[SiH2][Si](C)(C)C)O[SiH2][Si](C)(C)C)C(O[SiH2][Si](C)(C)C)O[SiH2][Si](C)(C)C. The molecule has 0 aromatic carbocycles. The molecule has 276 valence electrons. The molecule has 0 aromatic heterocycles. The molecule has 0 amide bonds. The summed E-state index contributed by atoms with van der Waals surface area (Å²) in [5.74, 6) is -1.26. The van der Waals surface area contributed by atoms with Gasteiger partial charge in [-0.2, -0.15) is 0 Å². The van der Waals surface area contributed by atoms with E-state index in [4.69, 9.17) is 30.7 Å². The Bertz CT molecular complexity index is 753. The van der Waals surface area contributed by atoms with Crippen LogP contribution in [0.3, 0.4) is 0 Å². The number of hydrogen-bond donors (Lipinski definition) is 0. The second-order valence-electron chi connectivity index (χ2n) is 20.5. The molecule has 0 fully saturated rings. The molecule has 0 radical (unpaired) electrons. The highest BCUT2D eigenvalue weighted by Gasteiger charge is 2.62. The van der Waals surface area contributed by atoms with Crippen molar-refractivity contribution in [1.82, 2.24) is 0 Å². The van der Waals surface area contributed by atoms with Gasteiger partial charge in [-0.1, -0.05) is 129 Å². The van der Waals surface area contributed by atoms with Crippen molar-refractivity contribution >= 4 is 130 Å². The lowest BCUT2D eigenvalue weighted by Crippen LogP contribution is -2.75. The van der Waals surface area contributed by atoms with Gasteiger partial charge < -0.3 is 30.7 Å². The fraction of sp³-hybridized carbons (Fsp3) is 0.917. The molecule has 0 spiro atoms. The van der Waals surface area contributed by atoms with Crippen LogP contribution in [0.15, 0.2) is 10.9 Å². The Hall–Kier alpha value is 2.71. The molecule has 7 nitrogen and oxygen atoms in total. The fourth-order valence-corrected chi connectivity index (χ4v) is 37.0. The van der Waals surface area contributed by atoms with E-state index < -0.39 is 137 Å². The van der Waals surface area contributed by atoms with Gasteiger partial charge in [0.2, 0.25) is 0 Å². The summed E-state index contributed by atoms with van der Waals surface area (Å²) in [5.41, 5.74) is 0. The van der Waals surface area contributed by atoms with E-state index in [-0.39, 0.29) is 0 Å². The normalized spacial score (nSPS) is 19.8. The molecule has 0 aliphatic carbocycles. The van der Waals surface area contributed by atoms with Crippen LogP contribution in [-0.4, -0.2) is 147 Å². The van der Waals surface area contributed by atoms with Gasteiger partial charge in [0, 0.05) is 10.2 Å². The third kappa shape index (κ3) is 23.3. The molecule has 46 heavy (non-hydrogen) atoms. The van der Waals surface area contributed by atoms with Crippen molar-refractivity contribution in [3.63, 3.8) is 0 Å². The van der Waals surface area contributed by atoms with Crippen LogP contribution in [-0.2, 0) is 30.7 Å². The van der Waals surface area contributed by atoms with E-state index >= 15 is 0 Å². The molecule has 0 unspecified atom stereocenters. The van der Waals surface area contributed by atoms with Crippen LogP contribution in [0.5, 0.6) is 0 Å². The van der Waals surface area contributed by atoms with Gasteiger partial charge >= 0.3 is 8.32 Å². The highest BCUT2D eigenvalue weighted by Crippen LogP contribution is 2.32. The molecule has 0 heterocycles. The van der Waals surface area contributed by atoms with E-state index in [1.807, 2.05) is 0 Å². The van der Waals surface area contributed by atoms with Gasteiger partial charge in [-0.15, -0.1) is 0 Å². The lowest BCUT2D eigenvalue weighted by Gasteiger charge is -2.49. The van der Waals surface area contributed by atoms with Crippen LogP contribution in [0.1, 0.15) is 6.92 Å². The van der Waals surface area contributed by atoms with E-state index in [2.05, 4.69) is 131 Å². The standard InChI is InChI=1S/C24H78O7Si15/c1-20-21(32)33-31-46(22(25-34-40(2,3)4)26-35-41(5,6)7,23(27-36-42(8,9)10)28-37-43(11,12)13)24(29-38-44(14,15)16)30-39-45(17,18)19/h20,22-24H,33-39H2,1-19,32H3. The van der Waals surface area contributed by atoms with Gasteiger partial charge in [-0.05, 0) is 6.92 Å². The van der Waals surface area contributed by atoms with Crippen LogP contribution < -0.4 is 0 Å². The van der Waals surface area contributed by atoms with Crippen LogP contribution in [0.2, 0.25) is 118 Å². The Morgan fingerprint density at radius 1 is 0.435 bits per heavy atom. The summed E-state index contributed by atoms with van der Waals surface area (Å²) in [6.45, 7) is 46.2. The maximum Gasteiger partial charge on any atom is 0.354 e. The molecule has 0 saturated carbocycles. The zero-order valence-electron chi connectivity index (χ0n) is 34.1. The summed E-state index contributed by atoms with van der Waals surface area (Å²) < 4.78 is 51.5. The minimum absolute atomic E-state index is 0.421. The summed E-state index contributed by atoms with van der Waals surface area (Å²) in [6, 6.07) is 0. The lowest BCUT2D eigenvalue weighted by atomic mass is 10.8. The maximum absolute atomic E-state index is 7.68. The Kier molecular flexibility index (Phi) is 21.4. The molecular formula is C24H78O7Si15. The molecule has 0 aliphatic heterocycles. The van der Waals surface area contributed by atoms with Gasteiger partial charge in [-0.25, -0.2) is 0 Å². The maximum atomic E-state index is 7.68. The molecule has 0 aliphatic rings. The predicted molar refractivity (Wildman–Crippen MR) is 248 cm³/mol. The molecule has 0 N–H and O–H groups in total. The fourth-order valence-electron chi connectivity index (χ4n) is 3.74. The zero-order valence-corrected chi connectivity index (χ0v) is 53.0. The highest BCUT2D eigenvalue weighted by molar-refractivity contribution is 7.23. The predicted octanol–water partition coefficient (Wildman–Crippen LogP) is 0.467. The Morgan fingerprint density at radius 2 is 0.630 bits per heavy atom. The summed E-state index contributed by atoms with van der Waals surface area (Å²) in [5, 5.41) is 0.